The summed E-state index contributed by atoms with van der Waals surface area (Å²) in [6.45, 7) is 10.7. The van der Waals surface area contributed by atoms with Gasteiger partial charge in [-0.15, -0.1) is 0 Å². The van der Waals surface area contributed by atoms with Crippen LogP contribution < -0.4 is 4.43 Å². The Morgan fingerprint density at radius 1 is 1.28 bits per heavy atom. The molecule has 0 radical (unpaired) electrons. The first-order chi connectivity index (χ1) is 8.19. The molecule has 0 aliphatic carbocycles. The van der Waals surface area contributed by atoms with Crippen LogP contribution in [0.25, 0.3) is 0 Å². The third-order valence-electron chi connectivity index (χ3n) is 3.37. The minimum absolute atomic E-state index is 0.0803. The van der Waals surface area contributed by atoms with Gasteiger partial charge < -0.3 is 4.43 Å². The first kappa shape index (κ1) is 14.5. The zero-order valence-corrected chi connectivity index (χ0v) is 12.6. The van der Waals surface area contributed by atoms with Crippen LogP contribution in [0.1, 0.15) is 36.7 Å². The van der Waals surface area contributed by atoms with Crippen molar-refractivity contribution in [1.82, 2.24) is 0 Å². The van der Waals surface area contributed by atoms with Gasteiger partial charge in [0.15, 0.2) is 0 Å². The summed E-state index contributed by atoms with van der Waals surface area (Å²) in [5.74, 6) is 0.614. The van der Waals surface area contributed by atoms with Crippen LogP contribution in [0.3, 0.4) is 0 Å². The van der Waals surface area contributed by atoms with Gasteiger partial charge in [0.1, 0.15) is 12.0 Å². The van der Waals surface area contributed by atoms with Gasteiger partial charge in [-0.3, -0.25) is 4.79 Å². The molecule has 0 aliphatic rings. The van der Waals surface area contributed by atoms with Gasteiger partial charge in [-0.25, -0.2) is 0 Å². The van der Waals surface area contributed by atoms with Crippen molar-refractivity contribution in [2.75, 3.05) is 0 Å². The molecule has 1 rings (SSSR count). The van der Waals surface area contributed by atoms with Gasteiger partial charge in [-0.1, -0.05) is 20.8 Å². The summed E-state index contributed by atoms with van der Waals surface area (Å²) >= 11 is 0. The van der Waals surface area contributed by atoms with Crippen molar-refractivity contribution in [2.45, 2.75) is 38.9 Å². The predicted molar refractivity (Wildman–Crippen MR) is 74.4 cm³/mol. The van der Waals surface area contributed by atoms with E-state index in [-0.39, 0.29) is 5.04 Å². The van der Waals surface area contributed by atoms with Crippen LogP contribution in [0, 0.1) is 11.3 Å². The molecule has 96 valence electrons. The van der Waals surface area contributed by atoms with E-state index in [1.807, 2.05) is 6.07 Å². The normalized spacial score (nSPS) is 11.8. The maximum absolute atomic E-state index is 10.8. The molecule has 18 heavy (non-hydrogen) atoms. The van der Waals surface area contributed by atoms with Crippen LogP contribution in [0.2, 0.25) is 18.1 Å². The van der Waals surface area contributed by atoms with Crippen molar-refractivity contribution in [1.29, 1.82) is 5.26 Å². The third-order valence-corrected chi connectivity index (χ3v) is 7.73. The molecule has 0 aliphatic heterocycles. The fraction of sp³-hybridized carbons (Fsp3) is 0.429. The lowest BCUT2D eigenvalue weighted by atomic mass is 10.1. The highest BCUT2D eigenvalue weighted by molar-refractivity contribution is 6.74. The number of carbonyl (C=O) groups excluding carboxylic acids is 1. The fourth-order valence-electron chi connectivity index (χ4n) is 1.26. The molecule has 0 aromatic heterocycles. The molecule has 4 heteroatoms. The number of carbonyl (C=O) groups is 1. The Morgan fingerprint density at radius 2 is 1.89 bits per heavy atom. The molecule has 0 saturated heterocycles. The number of hydrogen-bond donors (Lipinski definition) is 0. The molecular weight excluding hydrogens is 242 g/mol. The predicted octanol–water partition coefficient (Wildman–Crippen LogP) is 3.75. The Morgan fingerprint density at radius 3 is 2.33 bits per heavy atom. The molecule has 1 aromatic rings. The van der Waals surface area contributed by atoms with E-state index < -0.39 is 8.32 Å². The van der Waals surface area contributed by atoms with E-state index in [1.54, 1.807) is 18.2 Å². The lowest BCUT2D eigenvalue weighted by Crippen LogP contribution is -2.43. The van der Waals surface area contributed by atoms with Gasteiger partial charge in [0.05, 0.1) is 11.6 Å². The van der Waals surface area contributed by atoms with Crippen molar-refractivity contribution >= 4 is 14.6 Å². The van der Waals surface area contributed by atoms with E-state index in [9.17, 15) is 4.79 Å². The van der Waals surface area contributed by atoms with Gasteiger partial charge >= 0.3 is 0 Å². The van der Waals surface area contributed by atoms with Crippen molar-refractivity contribution in [3.63, 3.8) is 0 Å². The van der Waals surface area contributed by atoms with Gasteiger partial charge in [0.2, 0.25) is 8.32 Å². The molecule has 0 heterocycles. The summed E-state index contributed by atoms with van der Waals surface area (Å²) in [6, 6.07) is 6.98. The van der Waals surface area contributed by atoms with Crippen LogP contribution in [-0.2, 0) is 0 Å². The second-order valence-corrected chi connectivity index (χ2v) is 10.6. The maximum atomic E-state index is 10.8. The van der Waals surface area contributed by atoms with Crippen LogP contribution in [-0.4, -0.2) is 14.6 Å². The molecule has 0 bridgehead atoms. The molecule has 0 fully saturated rings. The van der Waals surface area contributed by atoms with Crippen LogP contribution >= 0.6 is 0 Å². The van der Waals surface area contributed by atoms with Gasteiger partial charge in [0.25, 0.3) is 0 Å². The second kappa shape index (κ2) is 4.95. The minimum atomic E-state index is -1.94. The maximum Gasteiger partial charge on any atom is 0.250 e. The Labute approximate surface area is 110 Å². The van der Waals surface area contributed by atoms with Crippen LogP contribution in [0.5, 0.6) is 5.75 Å². The molecule has 0 saturated carbocycles. The Balaban J connectivity index is 3.12. The summed E-state index contributed by atoms with van der Waals surface area (Å²) in [4.78, 5) is 10.8. The van der Waals surface area contributed by atoms with Crippen molar-refractivity contribution in [3.8, 4) is 11.8 Å². The van der Waals surface area contributed by atoms with Gasteiger partial charge in [0, 0.05) is 5.56 Å². The topological polar surface area (TPSA) is 50.1 Å². The van der Waals surface area contributed by atoms with E-state index in [0.717, 1.165) is 6.29 Å². The summed E-state index contributed by atoms with van der Waals surface area (Å²) in [6.07, 6.45) is 0.735. The van der Waals surface area contributed by atoms with Gasteiger partial charge in [-0.05, 0) is 36.3 Å². The number of nitriles is 1. The Bertz CT molecular complexity index is 495. The number of nitrogens with zero attached hydrogens (tertiary/aromatic N) is 1. The summed E-state index contributed by atoms with van der Waals surface area (Å²) in [5, 5.41) is 9.01. The Kier molecular flexibility index (Phi) is 3.97. The lowest BCUT2D eigenvalue weighted by molar-refractivity contribution is 0.112. The third kappa shape index (κ3) is 3.20. The van der Waals surface area contributed by atoms with Crippen molar-refractivity contribution in [2.24, 2.45) is 0 Å². The first-order valence-corrected chi connectivity index (χ1v) is 8.80. The summed E-state index contributed by atoms with van der Waals surface area (Å²) < 4.78 is 6.08. The number of benzene rings is 1. The van der Waals surface area contributed by atoms with Crippen LogP contribution in [0.15, 0.2) is 18.2 Å². The van der Waals surface area contributed by atoms with E-state index in [1.165, 1.54) is 0 Å². The van der Waals surface area contributed by atoms with E-state index in [2.05, 4.69) is 33.9 Å². The average Bonchev–Trinajstić information content (AvgIpc) is 2.26. The lowest BCUT2D eigenvalue weighted by Gasteiger charge is -2.36. The molecule has 0 unspecified atom stereocenters. The zero-order valence-electron chi connectivity index (χ0n) is 11.6. The SMILES string of the molecule is CC(C)(C)[Si](C)(C)Oc1cc(C#N)cc(C=O)c1. The zero-order chi connectivity index (χ0) is 14.0. The quantitative estimate of drug-likeness (QED) is 0.615. The molecule has 3 nitrogen and oxygen atoms in total. The molecule has 0 N–H and O–H groups in total. The highest BCUT2D eigenvalue weighted by Gasteiger charge is 2.39. The molecule has 0 atom stereocenters. The molecule has 0 spiro atoms. The second-order valence-electron chi connectivity index (χ2n) is 5.88. The monoisotopic (exact) mass is 261 g/mol. The largest absolute Gasteiger partial charge is 0.543 e. The average molecular weight is 261 g/mol. The minimum Gasteiger partial charge on any atom is -0.543 e. The molecule has 1 aromatic carbocycles. The number of hydrogen-bond acceptors (Lipinski definition) is 3. The highest BCUT2D eigenvalue weighted by atomic mass is 28.4. The van der Waals surface area contributed by atoms with Crippen molar-refractivity contribution in [3.05, 3.63) is 29.3 Å². The van der Waals surface area contributed by atoms with E-state index in [4.69, 9.17) is 9.69 Å². The standard InChI is InChI=1S/C14H19NO2Si/c1-14(2,3)18(4,5)17-13-7-11(9-15)6-12(8-13)10-16/h6-8,10H,1-5H3. The number of rotatable bonds is 3. The van der Waals surface area contributed by atoms with Gasteiger partial charge in [-0.2, -0.15) is 5.26 Å². The fourth-order valence-corrected chi connectivity index (χ4v) is 2.27. The summed E-state index contributed by atoms with van der Waals surface area (Å²) in [7, 11) is -1.94. The summed E-state index contributed by atoms with van der Waals surface area (Å²) in [5.41, 5.74) is 0.927. The molecule has 0 amide bonds. The highest BCUT2D eigenvalue weighted by Crippen LogP contribution is 2.37. The van der Waals surface area contributed by atoms with Crippen LogP contribution in [0.4, 0.5) is 0 Å². The van der Waals surface area contributed by atoms with E-state index >= 15 is 0 Å². The molecular formula is C14H19NO2Si. The van der Waals surface area contributed by atoms with Crippen molar-refractivity contribution < 1.29 is 9.22 Å². The smallest absolute Gasteiger partial charge is 0.250 e. The van der Waals surface area contributed by atoms with E-state index in [0.29, 0.717) is 16.9 Å². The Hall–Kier alpha value is -1.60. The first-order valence-electron chi connectivity index (χ1n) is 5.89. The number of aldehydes is 1.